The number of nitrogens with two attached hydrogens (primary N) is 1. The summed E-state index contributed by atoms with van der Waals surface area (Å²) in [5, 5.41) is 1.15. The third-order valence-electron chi connectivity index (χ3n) is 4.06. The summed E-state index contributed by atoms with van der Waals surface area (Å²) in [6, 6.07) is 16.8. The zero-order valence-electron chi connectivity index (χ0n) is 13.7. The van der Waals surface area contributed by atoms with Crippen molar-refractivity contribution >= 4 is 34.5 Å². The first-order valence-electron chi connectivity index (χ1n) is 8.01. The van der Waals surface area contributed by atoms with E-state index in [1.165, 1.54) is 0 Å². The molecule has 4 aromatic rings. The quantitative estimate of drug-likeness (QED) is 0.475. The third-order valence-corrected chi connectivity index (χ3v) is 4.77. The summed E-state index contributed by atoms with van der Waals surface area (Å²) >= 11 is 12.4. The van der Waals surface area contributed by atoms with Gasteiger partial charge in [0, 0.05) is 39.3 Å². The van der Waals surface area contributed by atoms with Crippen LogP contribution in [-0.2, 0) is 6.61 Å². The predicted molar refractivity (Wildman–Crippen MR) is 106 cm³/mol. The Balaban J connectivity index is 1.68. The number of fused-ring (bicyclic) bond motifs is 1. The molecule has 0 aliphatic carbocycles. The molecule has 0 atom stereocenters. The van der Waals surface area contributed by atoms with Crippen molar-refractivity contribution in [3.8, 4) is 17.0 Å². The number of imidazole rings is 1. The van der Waals surface area contributed by atoms with E-state index in [0.717, 1.165) is 16.8 Å². The molecule has 130 valence electrons. The van der Waals surface area contributed by atoms with Gasteiger partial charge in [0.1, 0.15) is 6.61 Å². The number of rotatable bonds is 4. The molecule has 4 nitrogen and oxygen atoms in total. The van der Waals surface area contributed by atoms with Gasteiger partial charge >= 0.3 is 0 Å². The number of hydrogen-bond donors (Lipinski definition) is 1. The molecule has 0 fully saturated rings. The fourth-order valence-electron chi connectivity index (χ4n) is 2.76. The van der Waals surface area contributed by atoms with E-state index in [1.807, 2.05) is 53.2 Å². The van der Waals surface area contributed by atoms with Crippen molar-refractivity contribution in [3.63, 3.8) is 0 Å². The monoisotopic (exact) mass is 383 g/mol. The minimum absolute atomic E-state index is 0.263. The van der Waals surface area contributed by atoms with Crippen molar-refractivity contribution in [3.05, 3.63) is 82.6 Å². The highest BCUT2D eigenvalue weighted by molar-refractivity contribution is 6.35. The maximum atomic E-state index is 6.22. The van der Waals surface area contributed by atoms with Gasteiger partial charge in [-0.25, -0.2) is 4.98 Å². The highest BCUT2D eigenvalue weighted by Gasteiger charge is 2.11. The molecular formula is C20H15Cl2N3O. The van der Waals surface area contributed by atoms with Crippen LogP contribution < -0.4 is 10.5 Å². The van der Waals surface area contributed by atoms with E-state index in [0.29, 0.717) is 27.1 Å². The van der Waals surface area contributed by atoms with Gasteiger partial charge < -0.3 is 14.9 Å². The lowest BCUT2D eigenvalue weighted by atomic mass is 10.1. The first kappa shape index (κ1) is 16.8. The SMILES string of the molecule is Nc1cccc(-c2cn3cccc(OCc4c(Cl)cccc4Cl)c3n2)c1. The van der Waals surface area contributed by atoms with Crippen LogP contribution in [0.3, 0.4) is 0 Å². The fourth-order valence-corrected chi connectivity index (χ4v) is 3.26. The summed E-state index contributed by atoms with van der Waals surface area (Å²) in [6.07, 6.45) is 3.87. The molecular weight excluding hydrogens is 369 g/mol. The zero-order chi connectivity index (χ0) is 18.1. The lowest BCUT2D eigenvalue weighted by molar-refractivity contribution is 0.308. The number of aromatic nitrogens is 2. The summed E-state index contributed by atoms with van der Waals surface area (Å²) in [5.74, 6) is 0.652. The van der Waals surface area contributed by atoms with Crippen LogP contribution in [0.15, 0.2) is 67.0 Å². The van der Waals surface area contributed by atoms with Crippen LogP contribution in [0, 0.1) is 0 Å². The van der Waals surface area contributed by atoms with Crippen molar-refractivity contribution in [2.75, 3.05) is 5.73 Å². The standard InChI is InChI=1S/C20H15Cl2N3O/c21-16-6-2-7-17(22)15(16)12-26-19-8-3-9-25-11-18(24-20(19)25)13-4-1-5-14(23)10-13/h1-11H,12,23H2. The second-order valence-corrected chi connectivity index (χ2v) is 6.66. The van der Waals surface area contributed by atoms with E-state index >= 15 is 0 Å². The van der Waals surface area contributed by atoms with E-state index in [9.17, 15) is 0 Å². The van der Waals surface area contributed by atoms with Gasteiger partial charge in [-0.05, 0) is 36.4 Å². The van der Waals surface area contributed by atoms with Crippen molar-refractivity contribution < 1.29 is 4.74 Å². The summed E-state index contributed by atoms with van der Waals surface area (Å²) in [6.45, 7) is 0.263. The van der Waals surface area contributed by atoms with Crippen LogP contribution in [0.5, 0.6) is 5.75 Å². The van der Waals surface area contributed by atoms with E-state index in [4.69, 9.17) is 38.7 Å². The van der Waals surface area contributed by atoms with Gasteiger partial charge in [-0.1, -0.05) is 41.4 Å². The number of ether oxygens (including phenoxy) is 1. The Morgan fingerprint density at radius 2 is 1.77 bits per heavy atom. The molecule has 0 saturated heterocycles. The van der Waals surface area contributed by atoms with Crippen molar-refractivity contribution in [2.24, 2.45) is 0 Å². The van der Waals surface area contributed by atoms with Crippen molar-refractivity contribution in [1.29, 1.82) is 0 Å². The number of anilines is 1. The lowest BCUT2D eigenvalue weighted by Crippen LogP contribution is -1.99. The number of hydrogen-bond acceptors (Lipinski definition) is 3. The van der Waals surface area contributed by atoms with Crippen LogP contribution in [-0.4, -0.2) is 9.38 Å². The zero-order valence-corrected chi connectivity index (χ0v) is 15.2. The maximum Gasteiger partial charge on any atom is 0.180 e. The molecule has 2 N–H and O–H groups in total. The van der Waals surface area contributed by atoms with Crippen LogP contribution in [0.1, 0.15) is 5.56 Å². The Morgan fingerprint density at radius 3 is 2.54 bits per heavy atom. The molecule has 2 aromatic heterocycles. The van der Waals surface area contributed by atoms with Crippen molar-refractivity contribution in [2.45, 2.75) is 6.61 Å². The summed E-state index contributed by atoms with van der Waals surface area (Å²) in [4.78, 5) is 4.70. The minimum atomic E-state index is 0.263. The van der Waals surface area contributed by atoms with E-state index in [-0.39, 0.29) is 6.61 Å². The average Bonchev–Trinajstić information content (AvgIpc) is 3.06. The number of nitrogen functional groups attached to an aromatic ring is 1. The highest BCUT2D eigenvalue weighted by Crippen LogP contribution is 2.29. The van der Waals surface area contributed by atoms with Crippen LogP contribution in [0.4, 0.5) is 5.69 Å². The van der Waals surface area contributed by atoms with Gasteiger partial charge in [0.2, 0.25) is 0 Å². The topological polar surface area (TPSA) is 52.5 Å². The molecule has 0 aliphatic rings. The first-order valence-corrected chi connectivity index (χ1v) is 8.77. The van der Waals surface area contributed by atoms with Gasteiger partial charge in [-0.2, -0.15) is 0 Å². The molecule has 0 spiro atoms. The van der Waals surface area contributed by atoms with Gasteiger partial charge in [0.25, 0.3) is 0 Å². The third kappa shape index (κ3) is 3.21. The largest absolute Gasteiger partial charge is 0.485 e. The normalized spacial score (nSPS) is 11.0. The van der Waals surface area contributed by atoms with E-state index < -0.39 is 0 Å². The van der Waals surface area contributed by atoms with Crippen molar-refractivity contribution in [1.82, 2.24) is 9.38 Å². The van der Waals surface area contributed by atoms with Gasteiger partial charge in [-0.15, -0.1) is 0 Å². The minimum Gasteiger partial charge on any atom is -0.485 e. The first-order chi connectivity index (χ1) is 12.6. The number of benzene rings is 2. The molecule has 2 aromatic carbocycles. The second-order valence-electron chi connectivity index (χ2n) is 5.84. The Bertz CT molecular complexity index is 1070. The molecule has 2 heterocycles. The van der Waals surface area contributed by atoms with Gasteiger partial charge in [0.15, 0.2) is 11.4 Å². The van der Waals surface area contributed by atoms with Gasteiger partial charge in [0.05, 0.1) is 5.69 Å². The average molecular weight is 384 g/mol. The molecule has 0 saturated carbocycles. The molecule has 26 heavy (non-hydrogen) atoms. The number of pyridine rings is 1. The number of halogens is 2. The maximum absolute atomic E-state index is 6.22. The molecule has 0 amide bonds. The Labute approximate surface area is 160 Å². The molecule has 0 unspecified atom stereocenters. The molecule has 0 bridgehead atoms. The number of nitrogens with zero attached hydrogens (tertiary/aromatic N) is 2. The van der Waals surface area contributed by atoms with Crippen LogP contribution in [0.2, 0.25) is 10.0 Å². The smallest absolute Gasteiger partial charge is 0.180 e. The fraction of sp³-hybridized carbons (Fsp3) is 0.0500. The summed E-state index contributed by atoms with van der Waals surface area (Å²) in [5.41, 5.74) is 9.82. The van der Waals surface area contributed by atoms with Crippen LogP contribution in [0.25, 0.3) is 16.9 Å². The van der Waals surface area contributed by atoms with E-state index in [1.54, 1.807) is 18.2 Å². The van der Waals surface area contributed by atoms with Crippen LogP contribution >= 0.6 is 23.2 Å². The molecule has 0 radical (unpaired) electrons. The Morgan fingerprint density at radius 1 is 1.00 bits per heavy atom. The molecule has 6 heteroatoms. The summed E-state index contributed by atoms with van der Waals surface area (Å²) < 4.78 is 7.88. The van der Waals surface area contributed by atoms with Gasteiger partial charge in [-0.3, -0.25) is 0 Å². The summed E-state index contributed by atoms with van der Waals surface area (Å²) in [7, 11) is 0. The highest BCUT2D eigenvalue weighted by atomic mass is 35.5. The van der Waals surface area contributed by atoms with E-state index in [2.05, 4.69) is 0 Å². The molecule has 0 aliphatic heterocycles. The predicted octanol–water partition coefficient (Wildman–Crippen LogP) is 5.47. The lowest BCUT2D eigenvalue weighted by Gasteiger charge is -2.10. The molecule has 4 rings (SSSR count). The Kier molecular flexibility index (Phi) is 4.45. The second kappa shape index (κ2) is 6.90. The Hall–Kier alpha value is -2.69.